The van der Waals surface area contributed by atoms with Gasteiger partial charge in [0.15, 0.2) is 5.50 Å². The van der Waals surface area contributed by atoms with E-state index in [-0.39, 0.29) is 17.4 Å². The van der Waals surface area contributed by atoms with E-state index in [9.17, 15) is 9.59 Å². The smallest absolute Gasteiger partial charge is 0.261 e. The molecule has 0 unspecified atom stereocenters. The van der Waals surface area contributed by atoms with Crippen LogP contribution in [0, 0.1) is 0 Å². The minimum atomic E-state index is -0.495. The lowest BCUT2D eigenvalue weighted by Gasteiger charge is -2.40. The van der Waals surface area contributed by atoms with Gasteiger partial charge in [-0.05, 0) is 25.5 Å². The molecule has 0 bridgehead atoms. The Morgan fingerprint density at radius 3 is 2.09 bits per heavy atom. The van der Waals surface area contributed by atoms with Gasteiger partial charge in [-0.15, -0.1) is 12.6 Å². The summed E-state index contributed by atoms with van der Waals surface area (Å²) in [7, 11) is 0. The van der Waals surface area contributed by atoms with E-state index in [0.29, 0.717) is 13.1 Å². The molecule has 1 fully saturated rings. The van der Waals surface area contributed by atoms with Crippen molar-refractivity contribution in [1.82, 2.24) is 9.80 Å². The predicted molar refractivity (Wildman–Crippen MR) is 91.1 cm³/mol. The fourth-order valence-electron chi connectivity index (χ4n) is 2.35. The summed E-state index contributed by atoms with van der Waals surface area (Å²) in [6.45, 7) is 4.78. The summed E-state index contributed by atoms with van der Waals surface area (Å²) in [6.07, 6.45) is 5.19. The molecule has 1 aliphatic heterocycles. The first-order valence-corrected chi connectivity index (χ1v) is 7.85. The van der Waals surface area contributed by atoms with Crippen molar-refractivity contribution in [2.75, 3.05) is 13.1 Å². The van der Waals surface area contributed by atoms with Crippen LogP contribution in [0.2, 0.25) is 0 Å². The van der Waals surface area contributed by atoms with Crippen LogP contribution in [0.1, 0.15) is 19.4 Å². The molecule has 0 atom stereocenters. The van der Waals surface area contributed by atoms with Crippen molar-refractivity contribution in [3.05, 3.63) is 53.6 Å². The highest BCUT2D eigenvalue weighted by atomic mass is 32.1. The fourth-order valence-corrected chi connectivity index (χ4v) is 2.89. The number of hydrogen-bond donors (Lipinski definition) is 1. The average molecular weight is 316 g/mol. The van der Waals surface area contributed by atoms with Gasteiger partial charge in [0.2, 0.25) is 0 Å². The highest BCUT2D eigenvalue weighted by molar-refractivity contribution is 7.80. The Labute approximate surface area is 136 Å². The highest BCUT2D eigenvalue weighted by Crippen LogP contribution is 2.23. The van der Waals surface area contributed by atoms with Crippen LogP contribution in [-0.2, 0) is 9.59 Å². The van der Waals surface area contributed by atoms with Crippen molar-refractivity contribution in [2.24, 2.45) is 0 Å². The molecule has 0 N–H and O–H groups in total. The van der Waals surface area contributed by atoms with Gasteiger partial charge in [-0.1, -0.05) is 42.5 Å². The van der Waals surface area contributed by atoms with Crippen LogP contribution in [0.5, 0.6) is 0 Å². The minimum Gasteiger partial charge on any atom is -0.309 e. The third-order valence-electron chi connectivity index (χ3n) is 3.57. The molecule has 1 saturated heterocycles. The van der Waals surface area contributed by atoms with Gasteiger partial charge in [0.05, 0.1) is 0 Å². The SMILES string of the molecule is CCN1C(=O)C(=C/C=C/c2ccccc2)C(=O)N(CC)C1S. The molecule has 0 radical (unpaired) electrons. The van der Waals surface area contributed by atoms with Gasteiger partial charge in [-0.2, -0.15) is 0 Å². The molecule has 2 amide bonds. The summed E-state index contributed by atoms with van der Waals surface area (Å²) in [4.78, 5) is 28.0. The zero-order valence-electron chi connectivity index (χ0n) is 12.8. The van der Waals surface area contributed by atoms with Crippen molar-refractivity contribution in [2.45, 2.75) is 19.3 Å². The largest absolute Gasteiger partial charge is 0.309 e. The molecule has 1 aromatic rings. The molecule has 116 valence electrons. The Morgan fingerprint density at radius 1 is 1.05 bits per heavy atom. The van der Waals surface area contributed by atoms with Gasteiger partial charge >= 0.3 is 0 Å². The van der Waals surface area contributed by atoms with Gasteiger partial charge in [-0.25, -0.2) is 0 Å². The molecule has 1 aliphatic rings. The van der Waals surface area contributed by atoms with Crippen LogP contribution in [0.15, 0.2) is 48.1 Å². The Kier molecular flexibility index (Phi) is 5.44. The standard InChI is InChI=1S/C17H20N2O2S/c1-3-18-15(20)14(16(21)19(4-2)17(18)22)12-8-11-13-9-6-5-7-10-13/h5-12,17,22H,3-4H2,1-2H3/b11-8+,14-12?. The third kappa shape index (κ3) is 3.25. The molecule has 22 heavy (non-hydrogen) atoms. The maximum atomic E-state index is 12.4. The van der Waals surface area contributed by atoms with Crippen LogP contribution in [0.25, 0.3) is 6.08 Å². The van der Waals surface area contributed by atoms with Crippen LogP contribution >= 0.6 is 12.6 Å². The molecule has 4 nitrogen and oxygen atoms in total. The number of carbonyl (C=O) groups is 2. The molecule has 0 spiro atoms. The van der Waals surface area contributed by atoms with Gasteiger partial charge in [0.1, 0.15) is 5.57 Å². The predicted octanol–water partition coefficient (Wildman–Crippen LogP) is 2.55. The number of benzene rings is 1. The molecule has 0 aromatic heterocycles. The van der Waals surface area contributed by atoms with E-state index < -0.39 is 5.50 Å². The van der Waals surface area contributed by atoms with Gasteiger partial charge in [-0.3, -0.25) is 9.59 Å². The van der Waals surface area contributed by atoms with Crippen molar-refractivity contribution in [3.8, 4) is 0 Å². The van der Waals surface area contributed by atoms with E-state index in [1.54, 1.807) is 22.0 Å². The number of amides is 2. The molecule has 2 rings (SSSR count). The first-order chi connectivity index (χ1) is 10.6. The maximum Gasteiger partial charge on any atom is 0.261 e. The first-order valence-electron chi connectivity index (χ1n) is 7.33. The number of likely N-dealkylation sites (N-methyl/N-ethyl adjacent to an activating group) is 2. The molecular formula is C17H20N2O2S. The molecule has 5 heteroatoms. The summed E-state index contributed by atoms with van der Waals surface area (Å²) in [5.41, 5.74) is 0.702. The highest BCUT2D eigenvalue weighted by Gasteiger charge is 2.38. The number of carbonyl (C=O) groups excluding carboxylic acids is 2. The average Bonchev–Trinajstić information content (AvgIpc) is 2.52. The Balaban J connectivity index is 2.27. The van der Waals surface area contributed by atoms with Crippen molar-refractivity contribution in [3.63, 3.8) is 0 Å². The van der Waals surface area contributed by atoms with Crippen molar-refractivity contribution < 1.29 is 9.59 Å². The van der Waals surface area contributed by atoms with Crippen LogP contribution in [0.4, 0.5) is 0 Å². The lowest BCUT2D eigenvalue weighted by atomic mass is 10.1. The zero-order chi connectivity index (χ0) is 16.1. The van der Waals surface area contributed by atoms with Crippen molar-refractivity contribution in [1.29, 1.82) is 0 Å². The van der Waals surface area contributed by atoms with E-state index >= 15 is 0 Å². The topological polar surface area (TPSA) is 40.6 Å². The third-order valence-corrected chi connectivity index (χ3v) is 4.13. The molecule has 1 aromatic carbocycles. The van der Waals surface area contributed by atoms with Crippen molar-refractivity contribution >= 4 is 30.5 Å². The van der Waals surface area contributed by atoms with E-state index in [2.05, 4.69) is 12.6 Å². The number of rotatable bonds is 4. The Hall–Kier alpha value is -2.01. The van der Waals surface area contributed by atoms with E-state index in [4.69, 9.17) is 0 Å². The second kappa shape index (κ2) is 7.31. The van der Waals surface area contributed by atoms with E-state index in [1.165, 1.54) is 0 Å². The molecule has 1 heterocycles. The monoisotopic (exact) mass is 316 g/mol. The second-order valence-electron chi connectivity index (χ2n) is 4.88. The molecule has 0 aliphatic carbocycles. The minimum absolute atomic E-state index is 0.182. The summed E-state index contributed by atoms with van der Waals surface area (Å²) >= 11 is 4.38. The van der Waals surface area contributed by atoms with Crippen LogP contribution < -0.4 is 0 Å². The van der Waals surface area contributed by atoms with E-state index in [1.807, 2.05) is 50.3 Å². The lowest BCUT2D eigenvalue weighted by Crippen LogP contribution is -2.57. The summed E-state index contributed by atoms with van der Waals surface area (Å²) in [5.74, 6) is -0.537. The number of hydrogen-bond acceptors (Lipinski definition) is 3. The Morgan fingerprint density at radius 2 is 1.59 bits per heavy atom. The Bertz CT molecular complexity index is 584. The summed E-state index contributed by atoms with van der Waals surface area (Å²) in [6, 6.07) is 9.73. The van der Waals surface area contributed by atoms with Crippen LogP contribution in [0.3, 0.4) is 0 Å². The van der Waals surface area contributed by atoms with Gasteiger partial charge in [0.25, 0.3) is 11.8 Å². The number of allylic oxidation sites excluding steroid dienone is 2. The number of thiol groups is 1. The maximum absolute atomic E-state index is 12.4. The lowest BCUT2D eigenvalue weighted by molar-refractivity contribution is -0.145. The number of nitrogens with zero attached hydrogens (tertiary/aromatic N) is 2. The van der Waals surface area contributed by atoms with Gasteiger partial charge in [0, 0.05) is 13.1 Å². The molecule has 0 saturated carbocycles. The fraction of sp³-hybridized carbons (Fsp3) is 0.294. The first kappa shape index (κ1) is 16.4. The second-order valence-corrected chi connectivity index (χ2v) is 5.34. The van der Waals surface area contributed by atoms with Gasteiger partial charge < -0.3 is 9.80 Å². The zero-order valence-corrected chi connectivity index (χ0v) is 13.7. The summed E-state index contributed by atoms with van der Waals surface area (Å²) < 4.78 is 0. The molecular weight excluding hydrogens is 296 g/mol. The van der Waals surface area contributed by atoms with E-state index in [0.717, 1.165) is 5.56 Å². The normalized spacial score (nSPS) is 19.2. The van der Waals surface area contributed by atoms with Crippen LogP contribution in [-0.4, -0.2) is 40.2 Å². The summed E-state index contributed by atoms with van der Waals surface area (Å²) in [5, 5.41) is 0. The quantitative estimate of drug-likeness (QED) is 0.527.